The quantitative estimate of drug-likeness (QED) is 0.510. The molecule has 0 fully saturated rings. The van der Waals surface area contributed by atoms with E-state index >= 15 is 0 Å². The highest BCUT2D eigenvalue weighted by molar-refractivity contribution is 9.10. The predicted molar refractivity (Wildman–Crippen MR) is 74.9 cm³/mol. The van der Waals surface area contributed by atoms with Gasteiger partial charge in [0, 0.05) is 4.47 Å². The van der Waals surface area contributed by atoms with Gasteiger partial charge in [-0.3, -0.25) is 10.1 Å². The Morgan fingerprint density at radius 1 is 1.26 bits per heavy atom. The summed E-state index contributed by atoms with van der Waals surface area (Å²) in [6, 6.07) is 8.55. The van der Waals surface area contributed by atoms with Crippen LogP contribution >= 0.6 is 15.9 Å². The number of halogens is 2. The summed E-state index contributed by atoms with van der Waals surface area (Å²) in [5.74, 6) is -0.447. The van der Waals surface area contributed by atoms with Gasteiger partial charge in [-0.1, -0.05) is 6.07 Å². The normalized spacial score (nSPS) is 10.2. The lowest BCUT2D eigenvalue weighted by molar-refractivity contribution is -0.383. The van der Waals surface area contributed by atoms with Crippen LogP contribution in [0.1, 0.15) is 0 Å². The predicted octanol–water partition coefficient (Wildman–Crippen LogP) is 3.82. The van der Waals surface area contributed by atoms with Crippen LogP contribution in [0.3, 0.4) is 0 Å². The van der Waals surface area contributed by atoms with Crippen molar-refractivity contribution in [3.8, 4) is 0 Å². The van der Waals surface area contributed by atoms with E-state index in [4.69, 9.17) is 5.73 Å². The van der Waals surface area contributed by atoms with Crippen LogP contribution in [-0.2, 0) is 0 Å². The number of nitro groups is 1. The maximum atomic E-state index is 13.2. The van der Waals surface area contributed by atoms with Gasteiger partial charge in [-0.15, -0.1) is 0 Å². The summed E-state index contributed by atoms with van der Waals surface area (Å²) in [6.45, 7) is 0. The minimum absolute atomic E-state index is 0.0440. The van der Waals surface area contributed by atoms with Crippen molar-refractivity contribution in [1.82, 2.24) is 0 Å². The Kier molecular flexibility index (Phi) is 3.66. The molecule has 0 spiro atoms. The number of nitrogen functional groups attached to an aromatic ring is 1. The number of hydrogen-bond acceptors (Lipinski definition) is 4. The second-order valence-corrected chi connectivity index (χ2v) is 4.60. The summed E-state index contributed by atoms with van der Waals surface area (Å²) < 4.78 is 13.8. The van der Waals surface area contributed by atoms with Crippen molar-refractivity contribution in [2.45, 2.75) is 0 Å². The van der Waals surface area contributed by atoms with Gasteiger partial charge in [0.05, 0.1) is 10.6 Å². The van der Waals surface area contributed by atoms with Crippen molar-refractivity contribution >= 4 is 38.7 Å². The van der Waals surface area contributed by atoms with Crippen molar-refractivity contribution in [3.63, 3.8) is 0 Å². The van der Waals surface area contributed by atoms with Gasteiger partial charge in [-0.05, 0) is 46.3 Å². The molecule has 0 bridgehead atoms. The average Bonchev–Trinajstić information content (AvgIpc) is 2.33. The highest BCUT2D eigenvalue weighted by atomic mass is 79.9. The first-order chi connectivity index (χ1) is 8.99. The first-order valence-electron chi connectivity index (χ1n) is 5.24. The Hall–Kier alpha value is -2.15. The zero-order chi connectivity index (χ0) is 14.0. The molecule has 0 aliphatic heterocycles. The minimum atomic E-state index is -0.579. The minimum Gasteiger partial charge on any atom is -0.393 e. The number of para-hydroxylation sites is 1. The van der Waals surface area contributed by atoms with Crippen LogP contribution in [0.2, 0.25) is 0 Å². The van der Waals surface area contributed by atoms with Crippen LogP contribution < -0.4 is 11.1 Å². The standard InChI is InChI=1S/C12H9BrFN3O2/c13-8-5-4-7(14)6-11(8)16-10-3-1-2-9(15)12(10)17(18)19/h1-6,16H,15H2. The number of nitrogens with two attached hydrogens (primary N) is 1. The molecule has 0 amide bonds. The second kappa shape index (κ2) is 5.23. The number of hydrogen-bond donors (Lipinski definition) is 2. The van der Waals surface area contributed by atoms with Crippen molar-refractivity contribution in [2.24, 2.45) is 0 Å². The molecule has 0 atom stereocenters. The third-order valence-electron chi connectivity index (χ3n) is 2.45. The summed E-state index contributed by atoms with van der Waals surface area (Å²) in [5.41, 5.74) is 5.97. The lowest BCUT2D eigenvalue weighted by atomic mass is 10.2. The van der Waals surface area contributed by atoms with Gasteiger partial charge in [-0.25, -0.2) is 4.39 Å². The molecule has 98 valence electrons. The maximum Gasteiger partial charge on any atom is 0.315 e. The van der Waals surface area contributed by atoms with Gasteiger partial charge in [0.25, 0.3) is 0 Å². The summed E-state index contributed by atoms with van der Waals surface area (Å²) in [4.78, 5) is 10.4. The van der Waals surface area contributed by atoms with Gasteiger partial charge < -0.3 is 11.1 Å². The van der Waals surface area contributed by atoms with Crippen LogP contribution in [-0.4, -0.2) is 4.92 Å². The van der Waals surface area contributed by atoms with E-state index in [9.17, 15) is 14.5 Å². The first kappa shape index (κ1) is 13.3. The van der Waals surface area contributed by atoms with Crippen LogP contribution in [0.4, 0.5) is 27.1 Å². The molecule has 2 rings (SSSR count). The van der Waals surface area contributed by atoms with Crippen LogP contribution in [0, 0.1) is 15.9 Å². The molecule has 0 aliphatic rings. The summed E-state index contributed by atoms with van der Waals surface area (Å²) in [7, 11) is 0. The van der Waals surface area contributed by atoms with Crippen molar-refractivity contribution in [2.75, 3.05) is 11.1 Å². The molecule has 0 saturated heterocycles. The zero-order valence-corrected chi connectivity index (χ0v) is 11.1. The monoisotopic (exact) mass is 325 g/mol. The lowest BCUT2D eigenvalue weighted by Gasteiger charge is -2.10. The van der Waals surface area contributed by atoms with Crippen molar-refractivity contribution in [1.29, 1.82) is 0 Å². The topological polar surface area (TPSA) is 81.2 Å². The van der Waals surface area contributed by atoms with E-state index in [1.54, 1.807) is 6.07 Å². The molecule has 5 nitrogen and oxygen atoms in total. The Morgan fingerprint density at radius 2 is 2.00 bits per heavy atom. The smallest absolute Gasteiger partial charge is 0.315 e. The second-order valence-electron chi connectivity index (χ2n) is 3.75. The fourth-order valence-corrected chi connectivity index (χ4v) is 1.95. The molecular formula is C12H9BrFN3O2. The first-order valence-corrected chi connectivity index (χ1v) is 6.03. The molecule has 2 aromatic rings. The highest BCUT2D eigenvalue weighted by Gasteiger charge is 2.18. The third-order valence-corrected chi connectivity index (χ3v) is 3.14. The average molecular weight is 326 g/mol. The molecule has 0 radical (unpaired) electrons. The van der Waals surface area contributed by atoms with E-state index in [0.717, 1.165) is 0 Å². The van der Waals surface area contributed by atoms with Crippen molar-refractivity contribution in [3.05, 3.63) is 56.8 Å². The van der Waals surface area contributed by atoms with Crippen LogP contribution in [0.25, 0.3) is 0 Å². The van der Waals surface area contributed by atoms with Gasteiger partial charge in [0.2, 0.25) is 0 Å². The molecule has 2 aromatic carbocycles. The SMILES string of the molecule is Nc1cccc(Nc2cc(F)ccc2Br)c1[N+](=O)[O-]. The lowest BCUT2D eigenvalue weighted by Crippen LogP contribution is -2.01. The van der Waals surface area contributed by atoms with E-state index in [-0.39, 0.29) is 17.1 Å². The van der Waals surface area contributed by atoms with E-state index < -0.39 is 10.7 Å². The number of nitrogens with one attached hydrogen (secondary N) is 1. The van der Waals surface area contributed by atoms with E-state index in [0.29, 0.717) is 10.2 Å². The van der Waals surface area contributed by atoms with Gasteiger partial charge in [0.1, 0.15) is 17.2 Å². The summed E-state index contributed by atoms with van der Waals surface area (Å²) in [6.07, 6.45) is 0. The Balaban J connectivity index is 2.46. The fourth-order valence-electron chi connectivity index (χ4n) is 1.60. The number of nitrogens with zero attached hydrogens (tertiary/aromatic N) is 1. The summed E-state index contributed by atoms with van der Waals surface area (Å²) in [5, 5.41) is 13.8. The number of nitro benzene ring substituents is 1. The Labute approximate surface area is 116 Å². The summed E-state index contributed by atoms with van der Waals surface area (Å²) >= 11 is 3.24. The number of rotatable bonds is 3. The van der Waals surface area contributed by atoms with Crippen molar-refractivity contribution < 1.29 is 9.31 Å². The van der Waals surface area contributed by atoms with Crippen LogP contribution in [0.15, 0.2) is 40.9 Å². The molecule has 0 saturated carbocycles. The molecule has 19 heavy (non-hydrogen) atoms. The Morgan fingerprint density at radius 3 is 2.68 bits per heavy atom. The van der Waals surface area contributed by atoms with Crippen LogP contribution in [0.5, 0.6) is 0 Å². The van der Waals surface area contributed by atoms with E-state index in [2.05, 4.69) is 21.2 Å². The molecule has 0 unspecified atom stereocenters. The number of benzene rings is 2. The van der Waals surface area contributed by atoms with Gasteiger partial charge in [-0.2, -0.15) is 0 Å². The molecule has 0 heterocycles. The van der Waals surface area contributed by atoms with Gasteiger partial charge >= 0.3 is 5.69 Å². The molecule has 7 heteroatoms. The highest BCUT2D eigenvalue weighted by Crippen LogP contribution is 2.35. The van der Waals surface area contributed by atoms with E-state index in [1.165, 1.54) is 30.3 Å². The third kappa shape index (κ3) is 2.82. The maximum absolute atomic E-state index is 13.2. The Bertz CT molecular complexity index is 649. The van der Waals surface area contributed by atoms with E-state index in [1.807, 2.05) is 0 Å². The molecule has 0 aromatic heterocycles. The number of anilines is 3. The fraction of sp³-hybridized carbons (Fsp3) is 0. The molecular weight excluding hydrogens is 317 g/mol. The van der Waals surface area contributed by atoms with Gasteiger partial charge in [0.15, 0.2) is 0 Å². The largest absolute Gasteiger partial charge is 0.393 e. The molecule has 0 aliphatic carbocycles. The zero-order valence-electron chi connectivity index (χ0n) is 9.56. The molecule has 3 N–H and O–H groups in total.